The fraction of sp³-hybridized carbons (Fsp3) is 0.368. The lowest BCUT2D eigenvalue weighted by Crippen LogP contribution is -2.51. The van der Waals surface area contributed by atoms with Gasteiger partial charge in [0.05, 0.1) is 0 Å². The van der Waals surface area contributed by atoms with Crippen LogP contribution in [-0.4, -0.2) is 48.6 Å². The van der Waals surface area contributed by atoms with Gasteiger partial charge in [-0.25, -0.2) is 4.39 Å². The van der Waals surface area contributed by atoms with Crippen molar-refractivity contribution in [1.29, 1.82) is 0 Å². The lowest BCUT2D eigenvalue weighted by atomic mass is 10.1. The van der Waals surface area contributed by atoms with Crippen molar-refractivity contribution in [2.45, 2.75) is 13.3 Å². The van der Waals surface area contributed by atoms with Gasteiger partial charge in [-0.1, -0.05) is 0 Å². The summed E-state index contributed by atoms with van der Waals surface area (Å²) < 4.78 is 13.0. The second-order valence-electron chi connectivity index (χ2n) is 6.24. The van der Waals surface area contributed by atoms with Gasteiger partial charge in [0, 0.05) is 50.8 Å². The Hall–Kier alpha value is -1.90. The monoisotopic (exact) mass is 469 g/mol. The lowest BCUT2D eigenvalue weighted by molar-refractivity contribution is 0.381. The highest BCUT2D eigenvalue weighted by atomic mass is 127. The van der Waals surface area contributed by atoms with Crippen LogP contribution in [0.5, 0.6) is 0 Å². The van der Waals surface area contributed by atoms with Gasteiger partial charge in [-0.05, 0) is 54.8 Å². The van der Waals surface area contributed by atoms with Crippen LogP contribution in [0, 0.1) is 12.7 Å². The number of rotatable bonds is 4. The number of aromatic nitrogens is 1. The minimum absolute atomic E-state index is 0. The summed E-state index contributed by atoms with van der Waals surface area (Å²) in [6.45, 7) is 6.08. The Morgan fingerprint density at radius 1 is 1.15 bits per heavy atom. The minimum atomic E-state index is -0.205. The smallest absolute Gasteiger partial charge is 0.191 e. The largest absolute Gasteiger partial charge is 0.370 e. The average Bonchev–Trinajstić information content (AvgIpc) is 2.64. The SMILES string of the molecule is Cc1cnccc1CCN=C(N)N1CCN(c2ccc(F)cc2)CC1.I. The summed E-state index contributed by atoms with van der Waals surface area (Å²) in [6, 6.07) is 8.67. The fourth-order valence-corrected chi connectivity index (χ4v) is 3.02. The van der Waals surface area contributed by atoms with Crippen molar-refractivity contribution in [3.8, 4) is 0 Å². The van der Waals surface area contributed by atoms with Gasteiger partial charge in [0.2, 0.25) is 0 Å². The van der Waals surface area contributed by atoms with E-state index in [2.05, 4.69) is 26.7 Å². The summed E-state index contributed by atoms with van der Waals surface area (Å²) in [6.07, 6.45) is 4.55. The number of pyridine rings is 1. The van der Waals surface area contributed by atoms with E-state index < -0.39 is 0 Å². The maximum atomic E-state index is 13.0. The molecule has 2 N–H and O–H groups in total. The number of nitrogens with two attached hydrogens (primary N) is 1. The number of nitrogens with zero attached hydrogens (tertiary/aromatic N) is 4. The molecule has 2 aromatic rings. The Bertz CT molecular complexity index is 727. The van der Waals surface area contributed by atoms with E-state index in [1.807, 2.05) is 30.6 Å². The number of hydrogen-bond acceptors (Lipinski definition) is 3. The highest BCUT2D eigenvalue weighted by molar-refractivity contribution is 14.0. The highest BCUT2D eigenvalue weighted by Crippen LogP contribution is 2.16. The van der Waals surface area contributed by atoms with E-state index in [9.17, 15) is 4.39 Å². The third-order valence-electron chi connectivity index (χ3n) is 4.59. The molecule has 0 amide bonds. The van der Waals surface area contributed by atoms with Crippen LogP contribution in [-0.2, 0) is 6.42 Å². The zero-order valence-electron chi connectivity index (χ0n) is 14.9. The maximum Gasteiger partial charge on any atom is 0.191 e. The molecule has 0 radical (unpaired) electrons. The van der Waals surface area contributed by atoms with Crippen molar-refractivity contribution in [3.63, 3.8) is 0 Å². The van der Waals surface area contributed by atoms with E-state index >= 15 is 0 Å². The van der Waals surface area contributed by atoms with Crippen LogP contribution in [0.3, 0.4) is 0 Å². The fourth-order valence-electron chi connectivity index (χ4n) is 3.02. The van der Waals surface area contributed by atoms with Gasteiger partial charge < -0.3 is 15.5 Å². The molecule has 0 aliphatic carbocycles. The number of piperazine rings is 1. The van der Waals surface area contributed by atoms with E-state index in [0.29, 0.717) is 12.5 Å². The highest BCUT2D eigenvalue weighted by Gasteiger charge is 2.18. The molecule has 5 nitrogen and oxygen atoms in total. The van der Waals surface area contributed by atoms with Crippen molar-refractivity contribution < 1.29 is 4.39 Å². The molecule has 1 aliphatic rings. The molecule has 7 heteroatoms. The van der Waals surface area contributed by atoms with Crippen molar-refractivity contribution >= 4 is 35.6 Å². The number of hydrogen-bond donors (Lipinski definition) is 1. The van der Waals surface area contributed by atoms with Crippen molar-refractivity contribution in [3.05, 3.63) is 59.7 Å². The van der Waals surface area contributed by atoms with Crippen molar-refractivity contribution in [2.24, 2.45) is 10.7 Å². The molecule has 3 rings (SSSR count). The van der Waals surface area contributed by atoms with E-state index in [1.54, 1.807) is 0 Å². The van der Waals surface area contributed by atoms with Crippen LogP contribution >= 0.6 is 24.0 Å². The predicted molar refractivity (Wildman–Crippen MR) is 115 cm³/mol. The molecule has 26 heavy (non-hydrogen) atoms. The second kappa shape index (κ2) is 9.70. The number of halogens is 2. The predicted octanol–water partition coefficient (Wildman–Crippen LogP) is 2.83. The van der Waals surface area contributed by atoms with Crippen molar-refractivity contribution in [1.82, 2.24) is 9.88 Å². The summed E-state index contributed by atoms with van der Waals surface area (Å²) in [5, 5.41) is 0. The Morgan fingerprint density at radius 3 is 2.50 bits per heavy atom. The summed E-state index contributed by atoms with van der Waals surface area (Å²) in [4.78, 5) is 13.0. The Morgan fingerprint density at radius 2 is 1.85 bits per heavy atom. The molecule has 0 atom stereocenters. The van der Waals surface area contributed by atoms with Crippen LogP contribution < -0.4 is 10.6 Å². The maximum absolute atomic E-state index is 13.0. The summed E-state index contributed by atoms with van der Waals surface area (Å²) in [7, 11) is 0. The van der Waals surface area contributed by atoms with Gasteiger partial charge in [-0.3, -0.25) is 9.98 Å². The summed E-state index contributed by atoms with van der Waals surface area (Å²) >= 11 is 0. The van der Waals surface area contributed by atoms with Crippen LogP contribution in [0.4, 0.5) is 10.1 Å². The zero-order valence-corrected chi connectivity index (χ0v) is 17.3. The van der Waals surface area contributed by atoms with Gasteiger partial charge in [-0.2, -0.15) is 0 Å². The van der Waals surface area contributed by atoms with Crippen LogP contribution in [0.1, 0.15) is 11.1 Å². The van der Waals surface area contributed by atoms with E-state index in [-0.39, 0.29) is 29.8 Å². The molecular weight excluding hydrogens is 444 g/mol. The number of guanidine groups is 1. The summed E-state index contributed by atoms with van der Waals surface area (Å²) in [5.41, 5.74) is 9.64. The molecule has 0 spiro atoms. The van der Waals surface area contributed by atoms with Gasteiger partial charge in [0.1, 0.15) is 5.82 Å². The molecule has 1 saturated heterocycles. The molecule has 1 fully saturated rings. The first-order chi connectivity index (χ1) is 12.1. The van der Waals surface area contributed by atoms with Crippen LogP contribution in [0.25, 0.3) is 0 Å². The summed E-state index contributed by atoms with van der Waals surface area (Å²) in [5.74, 6) is 0.397. The first-order valence-corrected chi connectivity index (χ1v) is 8.58. The molecule has 1 aromatic carbocycles. The lowest BCUT2D eigenvalue weighted by Gasteiger charge is -2.36. The first kappa shape index (κ1) is 20.4. The third kappa shape index (κ3) is 5.30. The first-order valence-electron chi connectivity index (χ1n) is 8.58. The van der Waals surface area contributed by atoms with Crippen molar-refractivity contribution in [2.75, 3.05) is 37.6 Å². The van der Waals surface area contributed by atoms with Gasteiger partial charge in [0.25, 0.3) is 0 Å². The van der Waals surface area contributed by atoms with Gasteiger partial charge in [0.15, 0.2) is 5.96 Å². The standard InChI is InChI=1S/C19H24FN5.HI/c1-15-14-22-8-6-16(15)7-9-23-19(21)25-12-10-24(11-13-25)18-4-2-17(20)3-5-18;/h2-6,8,14H,7,9-13H2,1H3,(H2,21,23);1H. The van der Waals surface area contributed by atoms with E-state index in [4.69, 9.17) is 5.73 Å². The molecule has 140 valence electrons. The number of benzene rings is 1. The number of aliphatic imine (C=N–C) groups is 1. The molecule has 0 saturated carbocycles. The van der Waals surface area contributed by atoms with Gasteiger partial charge >= 0.3 is 0 Å². The van der Waals surface area contributed by atoms with E-state index in [1.165, 1.54) is 23.3 Å². The molecular formula is C19H25FIN5. The normalized spacial score (nSPS) is 14.9. The Labute approximate surface area is 171 Å². The third-order valence-corrected chi connectivity index (χ3v) is 4.59. The minimum Gasteiger partial charge on any atom is -0.370 e. The Balaban J connectivity index is 0.00000243. The zero-order chi connectivity index (χ0) is 17.6. The number of anilines is 1. The average molecular weight is 469 g/mol. The second-order valence-corrected chi connectivity index (χ2v) is 6.24. The van der Waals surface area contributed by atoms with Crippen LogP contribution in [0.2, 0.25) is 0 Å². The molecule has 1 aromatic heterocycles. The van der Waals surface area contributed by atoms with Crippen LogP contribution in [0.15, 0.2) is 47.7 Å². The van der Waals surface area contributed by atoms with Gasteiger partial charge in [-0.15, -0.1) is 24.0 Å². The molecule has 0 unspecified atom stereocenters. The molecule has 2 heterocycles. The molecule has 1 aliphatic heterocycles. The van der Waals surface area contributed by atoms with E-state index in [0.717, 1.165) is 38.3 Å². The molecule has 0 bridgehead atoms. The quantitative estimate of drug-likeness (QED) is 0.425. The number of aryl methyl sites for hydroxylation is 1. The topological polar surface area (TPSA) is 57.8 Å². The Kier molecular flexibility index (Phi) is 7.62.